The summed E-state index contributed by atoms with van der Waals surface area (Å²) >= 11 is 0. The predicted molar refractivity (Wildman–Crippen MR) is 62.4 cm³/mol. The molecule has 0 radical (unpaired) electrons. The molecule has 0 amide bonds. The monoisotopic (exact) mass is 245 g/mol. The van der Waals surface area contributed by atoms with Crippen LogP contribution in [0.1, 0.15) is 12.8 Å². The predicted octanol–water partition coefficient (Wildman–Crippen LogP) is 1.04. The molecule has 5 nitrogen and oxygen atoms in total. The van der Waals surface area contributed by atoms with Crippen molar-refractivity contribution in [3.63, 3.8) is 0 Å². The number of piperidine rings is 1. The number of ether oxygens (including phenoxy) is 2. The summed E-state index contributed by atoms with van der Waals surface area (Å²) in [7, 11) is 1.58. The standard InChI is InChI=1S/C10H15N3O2.ClH/c1-14-9-4-7-12-10(13-9)15-8-2-5-11-6-3-8;/h4,7-8,11H,2-3,5-6H2,1H3;1H. The van der Waals surface area contributed by atoms with Crippen LogP contribution < -0.4 is 14.8 Å². The third-order valence-corrected chi connectivity index (χ3v) is 2.38. The van der Waals surface area contributed by atoms with Crippen molar-refractivity contribution < 1.29 is 9.47 Å². The lowest BCUT2D eigenvalue weighted by atomic mass is 10.1. The number of aromatic nitrogens is 2. The van der Waals surface area contributed by atoms with Crippen LogP contribution in [0.5, 0.6) is 11.9 Å². The van der Waals surface area contributed by atoms with E-state index in [9.17, 15) is 0 Å². The molecule has 2 heterocycles. The molecule has 1 aliphatic rings. The highest BCUT2D eigenvalue weighted by atomic mass is 35.5. The van der Waals surface area contributed by atoms with E-state index in [0.717, 1.165) is 25.9 Å². The molecule has 16 heavy (non-hydrogen) atoms. The van der Waals surface area contributed by atoms with E-state index >= 15 is 0 Å². The van der Waals surface area contributed by atoms with Gasteiger partial charge in [0.05, 0.1) is 7.11 Å². The molecule has 2 rings (SSSR count). The van der Waals surface area contributed by atoms with Gasteiger partial charge < -0.3 is 14.8 Å². The molecule has 0 unspecified atom stereocenters. The molecule has 1 aromatic heterocycles. The Labute approximate surface area is 101 Å². The van der Waals surface area contributed by atoms with Crippen molar-refractivity contribution in [2.75, 3.05) is 20.2 Å². The lowest BCUT2D eigenvalue weighted by Gasteiger charge is -2.22. The van der Waals surface area contributed by atoms with E-state index in [1.54, 1.807) is 19.4 Å². The number of halogens is 1. The number of hydrogen-bond acceptors (Lipinski definition) is 5. The van der Waals surface area contributed by atoms with Gasteiger partial charge in [-0.25, -0.2) is 4.98 Å². The van der Waals surface area contributed by atoms with E-state index in [0.29, 0.717) is 11.9 Å². The first kappa shape index (κ1) is 13.0. The van der Waals surface area contributed by atoms with Crippen LogP contribution in [0.25, 0.3) is 0 Å². The molecule has 6 heteroatoms. The molecule has 1 N–H and O–H groups in total. The van der Waals surface area contributed by atoms with Crippen molar-refractivity contribution in [3.8, 4) is 11.9 Å². The summed E-state index contributed by atoms with van der Waals surface area (Å²) in [5.74, 6) is 0.536. The molecular weight excluding hydrogens is 230 g/mol. The van der Waals surface area contributed by atoms with Crippen LogP contribution in [0.4, 0.5) is 0 Å². The fraction of sp³-hybridized carbons (Fsp3) is 0.600. The fourth-order valence-corrected chi connectivity index (χ4v) is 1.56. The highest BCUT2D eigenvalue weighted by Crippen LogP contribution is 2.14. The Morgan fingerprint density at radius 1 is 1.38 bits per heavy atom. The lowest BCUT2D eigenvalue weighted by molar-refractivity contribution is 0.147. The highest BCUT2D eigenvalue weighted by Gasteiger charge is 2.15. The Balaban J connectivity index is 0.00000128. The van der Waals surface area contributed by atoms with Gasteiger partial charge in [0.2, 0.25) is 5.88 Å². The zero-order valence-electron chi connectivity index (χ0n) is 9.18. The minimum absolute atomic E-state index is 0. The lowest BCUT2D eigenvalue weighted by Crippen LogP contribution is -2.34. The quantitative estimate of drug-likeness (QED) is 0.862. The van der Waals surface area contributed by atoms with E-state index in [2.05, 4.69) is 15.3 Å². The molecule has 0 atom stereocenters. The number of hydrogen-bond donors (Lipinski definition) is 1. The minimum Gasteiger partial charge on any atom is -0.481 e. The first-order valence-corrected chi connectivity index (χ1v) is 5.13. The molecule has 1 saturated heterocycles. The van der Waals surface area contributed by atoms with E-state index in [1.165, 1.54) is 0 Å². The zero-order valence-corrected chi connectivity index (χ0v) is 10.00. The van der Waals surface area contributed by atoms with Crippen molar-refractivity contribution in [2.24, 2.45) is 0 Å². The summed E-state index contributed by atoms with van der Waals surface area (Å²) in [6.45, 7) is 1.99. The Morgan fingerprint density at radius 3 is 2.81 bits per heavy atom. The summed E-state index contributed by atoms with van der Waals surface area (Å²) in [6.07, 6.45) is 3.86. The molecule has 0 saturated carbocycles. The molecule has 0 bridgehead atoms. The maximum absolute atomic E-state index is 5.66. The van der Waals surface area contributed by atoms with E-state index in [4.69, 9.17) is 9.47 Å². The number of nitrogens with zero attached hydrogens (tertiary/aromatic N) is 2. The SMILES string of the molecule is COc1ccnc(OC2CCNCC2)n1.Cl. The summed E-state index contributed by atoms with van der Waals surface area (Å²) in [6, 6.07) is 2.11. The Bertz CT molecular complexity index is 319. The average Bonchev–Trinajstić information content (AvgIpc) is 2.31. The largest absolute Gasteiger partial charge is 0.481 e. The fourth-order valence-electron chi connectivity index (χ4n) is 1.56. The second-order valence-corrected chi connectivity index (χ2v) is 3.45. The van der Waals surface area contributed by atoms with Gasteiger partial charge >= 0.3 is 6.01 Å². The van der Waals surface area contributed by atoms with Crippen LogP contribution in [0, 0.1) is 0 Å². The smallest absolute Gasteiger partial charge is 0.319 e. The van der Waals surface area contributed by atoms with Gasteiger partial charge in [0, 0.05) is 12.3 Å². The van der Waals surface area contributed by atoms with E-state index < -0.39 is 0 Å². The second-order valence-electron chi connectivity index (χ2n) is 3.45. The maximum atomic E-state index is 5.66. The molecule has 1 fully saturated rings. The topological polar surface area (TPSA) is 56.3 Å². The van der Waals surface area contributed by atoms with Crippen LogP contribution in [0.2, 0.25) is 0 Å². The van der Waals surface area contributed by atoms with E-state index in [1.807, 2.05) is 0 Å². The molecule has 1 aliphatic heterocycles. The third kappa shape index (κ3) is 3.50. The number of nitrogens with one attached hydrogen (secondary N) is 1. The van der Waals surface area contributed by atoms with Gasteiger partial charge in [0.15, 0.2) is 0 Å². The first-order chi connectivity index (χ1) is 7.38. The second kappa shape index (κ2) is 6.50. The van der Waals surface area contributed by atoms with Gasteiger partial charge in [0.1, 0.15) is 6.10 Å². The van der Waals surface area contributed by atoms with Gasteiger partial charge in [-0.2, -0.15) is 4.98 Å². The van der Waals surface area contributed by atoms with Crippen LogP contribution in [-0.4, -0.2) is 36.3 Å². The van der Waals surface area contributed by atoms with Gasteiger partial charge in [-0.1, -0.05) is 0 Å². The third-order valence-electron chi connectivity index (χ3n) is 2.38. The Morgan fingerprint density at radius 2 is 2.12 bits per heavy atom. The van der Waals surface area contributed by atoms with Crippen LogP contribution in [0.3, 0.4) is 0 Å². The summed E-state index contributed by atoms with van der Waals surface area (Å²) < 4.78 is 10.7. The maximum Gasteiger partial charge on any atom is 0.319 e. The summed E-state index contributed by atoms with van der Waals surface area (Å²) in [4.78, 5) is 8.16. The normalized spacial score (nSPS) is 16.3. The van der Waals surface area contributed by atoms with Crippen molar-refractivity contribution in [2.45, 2.75) is 18.9 Å². The van der Waals surface area contributed by atoms with E-state index in [-0.39, 0.29) is 18.5 Å². The van der Waals surface area contributed by atoms with Gasteiger partial charge in [-0.15, -0.1) is 12.4 Å². The molecule has 1 aromatic rings. The summed E-state index contributed by atoms with van der Waals surface area (Å²) in [5.41, 5.74) is 0. The number of rotatable bonds is 3. The minimum atomic E-state index is 0. The van der Waals surface area contributed by atoms with Gasteiger partial charge in [0.25, 0.3) is 0 Å². The molecular formula is C10H16ClN3O2. The Hall–Kier alpha value is -1.07. The first-order valence-electron chi connectivity index (χ1n) is 5.13. The molecule has 0 spiro atoms. The zero-order chi connectivity index (χ0) is 10.5. The van der Waals surface area contributed by atoms with Crippen LogP contribution >= 0.6 is 12.4 Å². The summed E-state index contributed by atoms with van der Waals surface area (Å²) in [5, 5.41) is 3.28. The van der Waals surface area contributed by atoms with Crippen LogP contribution in [0.15, 0.2) is 12.3 Å². The van der Waals surface area contributed by atoms with Crippen molar-refractivity contribution in [1.82, 2.24) is 15.3 Å². The van der Waals surface area contributed by atoms with Crippen molar-refractivity contribution >= 4 is 12.4 Å². The van der Waals surface area contributed by atoms with Gasteiger partial charge in [-0.3, -0.25) is 0 Å². The van der Waals surface area contributed by atoms with Crippen molar-refractivity contribution in [3.05, 3.63) is 12.3 Å². The molecule has 0 aliphatic carbocycles. The van der Waals surface area contributed by atoms with Crippen LogP contribution in [-0.2, 0) is 0 Å². The Kier molecular flexibility index (Phi) is 5.28. The van der Waals surface area contributed by atoms with Gasteiger partial charge in [-0.05, 0) is 25.9 Å². The average molecular weight is 246 g/mol. The number of methoxy groups -OCH3 is 1. The molecule has 90 valence electrons. The molecule has 0 aromatic carbocycles. The highest BCUT2D eigenvalue weighted by molar-refractivity contribution is 5.85. The van der Waals surface area contributed by atoms with Crippen molar-refractivity contribution in [1.29, 1.82) is 0 Å².